The predicted molar refractivity (Wildman–Crippen MR) is 108 cm³/mol. The minimum Gasteiger partial charge on any atom is -0.423 e. The number of hydrogen-bond acceptors (Lipinski definition) is 8. The van der Waals surface area contributed by atoms with Crippen molar-refractivity contribution < 1.29 is 28.9 Å². The summed E-state index contributed by atoms with van der Waals surface area (Å²) in [6.07, 6.45) is 0. The summed E-state index contributed by atoms with van der Waals surface area (Å²) >= 11 is 6.08. The minimum absolute atomic E-state index is 0.0137. The highest BCUT2D eigenvalue weighted by Crippen LogP contribution is 2.30. The molecule has 3 aromatic carbocycles. The van der Waals surface area contributed by atoms with E-state index in [1.54, 1.807) is 0 Å². The van der Waals surface area contributed by atoms with Gasteiger partial charge in [0.15, 0.2) is 0 Å². The molecule has 0 heterocycles. The van der Waals surface area contributed by atoms with Crippen LogP contribution in [0.5, 0.6) is 11.5 Å². The second-order valence-corrected chi connectivity index (χ2v) is 6.39. The smallest absolute Gasteiger partial charge is 0.343 e. The van der Waals surface area contributed by atoms with Crippen molar-refractivity contribution in [2.24, 2.45) is 0 Å². The van der Waals surface area contributed by atoms with Gasteiger partial charge in [-0.3, -0.25) is 20.2 Å². The van der Waals surface area contributed by atoms with Crippen molar-refractivity contribution in [3.05, 3.63) is 103 Å². The summed E-state index contributed by atoms with van der Waals surface area (Å²) < 4.78 is 10.3. The van der Waals surface area contributed by atoms with Gasteiger partial charge >= 0.3 is 11.9 Å². The second kappa shape index (κ2) is 9.01. The van der Waals surface area contributed by atoms with Gasteiger partial charge in [-0.1, -0.05) is 11.6 Å². The third-order valence-electron chi connectivity index (χ3n) is 3.94. The maximum absolute atomic E-state index is 12.2. The number of nitro benzene ring substituents is 2. The summed E-state index contributed by atoms with van der Waals surface area (Å²) in [4.78, 5) is 44.5. The molecule has 3 aromatic rings. The van der Waals surface area contributed by atoms with Crippen LogP contribution in [0, 0.1) is 20.2 Å². The Morgan fingerprint density at radius 3 is 1.58 bits per heavy atom. The molecule has 0 fully saturated rings. The molecule has 0 aliphatic rings. The van der Waals surface area contributed by atoms with Crippen molar-refractivity contribution in [1.29, 1.82) is 0 Å². The largest absolute Gasteiger partial charge is 0.423 e. The second-order valence-electron chi connectivity index (χ2n) is 5.98. The van der Waals surface area contributed by atoms with Gasteiger partial charge in [-0.15, -0.1) is 0 Å². The van der Waals surface area contributed by atoms with Gasteiger partial charge in [0.25, 0.3) is 11.4 Å². The number of carbonyl (C=O) groups excluding carboxylic acids is 2. The fourth-order valence-corrected chi connectivity index (χ4v) is 2.60. The highest BCUT2D eigenvalue weighted by molar-refractivity contribution is 6.32. The van der Waals surface area contributed by atoms with Crippen molar-refractivity contribution in [2.45, 2.75) is 0 Å². The maximum atomic E-state index is 12.2. The molecule has 0 N–H and O–H groups in total. The summed E-state index contributed by atoms with van der Waals surface area (Å²) in [6.45, 7) is 0. The molecule has 0 aromatic heterocycles. The van der Waals surface area contributed by atoms with E-state index in [0.29, 0.717) is 0 Å². The van der Waals surface area contributed by atoms with E-state index in [0.717, 1.165) is 0 Å². The standard InChI is InChI=1S/C20H11ClN2O8/c21-17-11-16(30-19(24)12-1-5-14(6-2-12)22(26)27)9-10-18(17)31-20(25)13-3-7-15(8-4-13)23(28)29/h1-11H. The molecule has 10 nitrogen and oxygen atoms in total. The number of rotatable bonds is 6. The van der Waals surface area contributed by atoms with E-state index in [2.05, 4.69) is 0 Å². The van der Waals surface area contributed by atoms with Gasteiger partial charge in [0.1, 0.15) is 11.5 Å². The first-order chi connectivity index (χ1) is 14.7. The van der Waals surface area contributed by atoms with Crippen LogP contribution in [-0.4, -0.2) is 21.8 Å². The lowest BCUT2D eigenvalue weighted by molar-refractivity contribution is -0.385. The third-order valence-corrected chi connectivity index (χ3v) is 4.24. The maximum Gasteiger partial charge on any atom is 0.343 e. The van der Waals surface area contributed by atoms with Crippen molar-refractivity contribution in [3.63, 3.8) is 0 Å². The normalized spacial score (nSPS) is 10.2. The average molecular weight is 443 g/mol. The molecule has 0 bridgehead atoms. The molecule has 31 heavy (non-hydrogen) atoms. The number of ether oxygens (including phenoxy) is 2. The Morgan fingerprint density at radius 2 is 1.16 bits per heavy atom. The van der Waals surface area contributed by atoms with Crippen LogP contribution in [0.1, 0.15) is 20.7 Å². The molecule has 0 unspecified atom stereocenters. The van der Waals surface area contributed by atoms with Gasteiger partial charge in [0.2, 0.25) is 0 Å². The number of carbonyl (C=O) groups is 2. The lowest BCUT2D eigenvalue weighted by Crippen LogP contribution is -2.10. The summed E-state index contributed by atoms with van der Waals surface area (Å²) in [5.41, 5.74) is -0.168. The zero-order valence-corrected chi connectivity index (χ0v) is 16.1. The Morgan fingerprint density at radius 1 is 0.710 bits per heavy atom. The van der Waals surface area contributed by atoms with Gasteiger partial charge < -0.3 is 9.47 Å². The van der Waals surface area contributed by atoms with Crippen LogP contribution in [0.3, 0.4) is 0 Å². The molecule has 0 atom stereocenters. The van der Waals surface area contributed by atoms with E-state index in [1.165, 1.54) is 66.7 Å². The summed E-state index contributed by atoms with van der Waals surface area (Å²) in [7, 11) is 0. The van der Waals surface area contributed by atoms with Crippen molar-refractivity contribution in [3.8, 4) is 11.5 Å². The molecule has 0 saturated heterocycles. The number of nitro groups is 2. The average Bonchev–Trinajstić information content (AvgIpc) is 2.75. The number of halogens is 1. The Kier molecular flexibility index (Phi) is 6.22. The Hall–Kier alpha value is -4.31. The van der Waals surface area contributed by atoms with E-state index in [4.69, 9.17) is 21.1 Å². The van der Waals surface area contributed by atoms with E-state index in [9.17, 15) is 29.8 Å². The van der Waals surface area contributed by atoms with Crippen molar-refractivity contribution in [2.75, 3.05) is 0 Å². The number of nitrogens with zero attached hydrogens (tertiary/aromatic N) is 2. The van der Waals surface area contributed by atoms with Gasteiger partial charge in [-0.2, -0.15) is 0 Å². The lowest BCUT2D eigenvalue weighted by Gasteiger charge is -2.09. The van der Waals surface area contributed by atoms with Crippen LogP contribution < -0.4 is 9.47 Å². The van der Waals surface area contributed by atoms with E-state index in [1.807, 2.05) is 0 Å². The van der Waals surface area contributed by atoms with Gasteiger partial charge in [-0.25, -0.2) is 9.59 Å². The molecule has 3 rings (SSSR count). The minimum atomic E-state index is -0.785. The number of non-ortho nitro benzene ring substituents is 2. The highest BCUT2D eigenvalue weighted by Gasteiger charge is 2.16. The molecule has 0 radical (unpaired) electrons. The van der Waals surface area contributed by atoms with E-state index in [-0.39, 0.29) is 39.0 Å². The first-order valence-corrected chi connectivity index (χ1v) is 8.85. The van der Waals surface area contributed by atoms with Gasteiger partial charge in [0.05, 0.1) is 26.0 Å². The first kappa shape index (κ1) is 21.4. The first-order valence-electron chi connectivity index (χ1n) is 8.47. The molecular weight excluding hydrogens is 432 g/mol. The van der Waals surface area contributed by atoms with Crippen LogP contribution in [0.4, 0.5) is 11.4 Å². The van der Waals surface area contributed by atoms with E-state index >= 15 is 0 Å². The van der Waals surface area contributed by atoms with Crippen molar-refractivity contribution >= 4 is 34.9 Å². The monoisotopic (exact) mass is 442 g/mol. The van der Waals surface area contributed by atoms with Crippen LogP contribution in [0.2, 0.25) is 5.02 Å². The zero-order valence-electron chi connectivity index (χ0n) is 15.4. The number of esters is 2. The molecule has 0 amide bonds. The summed E-state index contributed by atoms with van der Waals surface area (Å²) in [5, 5.41) is 21.3. The van der Waals surface area contributed by atoms with Crippen LogP contribution in [0.15, 0.2) is 66.7 Å². The van der Waals surface area contributed by atoms with Crippen LogP contribution >= 0.6 is 11.6 Å². The molecular formula is C20H11ClN2O8. The zero-order chi connectivity index (χ0) is 22.5. The Labute approximate surface area is 178 Å². The highest BCUT2D eigenvalue weighted by atomic mass is 35.5. The number of benzene rings is 3. The lowest BCUT2D eigenvalue weighted by atomic mass is 10.2. The van der Waals surface area contributed by atoms with Crippen LogP contribution in [-0.2, 0) is 0 Å². The summed E-state index contributed by atoms with van der Waals surface area (Å²) in [5.74, 6) is -1.50. The Balaban J connectivity index is 1.67. The predicted octanol–water partition coefficient (Wildman–Crippen LogP) is 4.59. The van der Waals surface area contributed by atoms with Crippen molar-refractivity contribution in [1.82, 2.24) is 0 Å². The Bertz CT molecular complexity index is 1180. The van der Waals surface area contributed by atoms with Gasteiger partial charge in [-0.05, 0) is 36.4 Å². The van der Waals surface area contributed by atoms with E-state index < -0.39 is 21.8 Å². The molecule has 11 heteroatoms. The topological polar surface area (TPSA) is 139 Å². The van der Waals surface area contributed by atoms with Gasteiger partial charge in [0, 0.05) is 30.3 Å². The third kappa shape index (κ3) is 5.19. The summed E-state index contributed by atoms with van der Waals surface area (Å²) in [6, 6.07) is 13.6. The fraction of sp³-hybridized carbons (Fsp3) is 0. The quantitative estimate of drug-likeness (QED) is 0.233. The SMILES string of the molecule is O=C(Oc1ccc(OC(=O)c2ccc([N+](=O)[O-])cc2)c(Cl)c1)c1ccc([N+](=O)[O-])cc1. The number of hydrogen-bond donors (Lipinski definition) is 0. The molecule has 156 valence electrons. The molecule has 0 saturated carbocycles. The fourth-order valence-electron chi connectivity index (χ4n) is 2.39. The molecule has 0 aliphatic carbocycles. The molecule has 0 aliphatic heterocycles. The molecule has 0 spiro atoms. The van der Waals surface area contributed by atoms with Crippen LogP contribution in [0.25, 0.3) is 0 Å².